The van der Waals surface area contributed by atoms with Gasteiger partial charge in [-0.05, 0) is 80.9 Å². The van der Waals surface area contributed by atoms with Gasteiger partial charge in [-0.2, -0.15) is 0 Å². The van der Waals surface area contributed by atoms with Crippen LogP contribution in [0.5, 0.6) is 0 Å². The van der Waals surface area contributed by atoms with Gasteiger partial charge in [0.05, 0.1) is 11.8 Å². The van der Waals surface area contributed by atoms with E-state index in [1.165, 1.54) is 37.5 Å². The molecule has 1 aliphatic heterocycles. The molecule has 4 aliphatic carbocycles. The zero-order valence-corrected chi connectivity index (χ0v) is 16.6. The van der Waals surface area contributed by atoms with Crippen LogP contribution < -0.4 is 4.90 Å². The fourth-order valence-corrected chi connectivity index (χ4v) is 7.66. The Labute approximate surface area is 161 Å². The van der Waals surface area contributed by atoms with Crippen molar-refractivity contribution in [3.63, 3.8) is 0 Å². The molecule has 1 amide bonds. The second kappa shape index (κ2) is 6.20. The molecule has 27 heavy (non-hydrogen) atoms. The van der Waals surface area contributed by atoms with Crippen LogP contribution in [0.2, 0.25) is 0 Å². The summed E-state index contributed by atoms with van der Waals surface area (Å²) in [6.07, 6.45) is 7.80. The van der Waals surface area contributed by atoms with Crippen molar-refractivity contribution >= 4 is 21.4 Å². The largest absolute Gasteiger partial charge is 0.304 e. The summed E-state index contributed by atoms with van der Waals surface area (Å²) in [5, 5.41) is 1.28. The molecular weight excluding hydrogens is 358 g/mol. The van der Waals surface area contributed by atoms with E-state index in [2.05, 4.69) is 0 Å². The van der Waals surface area contributed by atoms with Crippen molar-refractivity contribution in [1.82, 2.24) is 0 Å². The van der Waals surface area contributed by atoms with Crippen molar-refractivity contribution in [3.05, 3.63) is 41.3 Å². The van der Waals surface area contributed by atoms with E-state index < -0.39 is 9.84 Å². The molecule has 0 aromatic heterocycles. The smallest absolute Gasteiger partial charge is 0.231 e. The van der Waals surface area contributed by atoms with Gasteiger partial charge in [-0.25, -0.2) is 8.42 Å². The Hall–Kier alpha value is -1.62. The van der Waals surface area contributed by atoms with Gasteiger partial charge in [-0.3, -0.25) is 4.79 Å². The standard InChI is InChI=1S/C22H27NO3S/c1-14-2-4-19(5-3-14)23(20-6-7-27(25,26)13-20)22(24)21-17-9-15-8-16(11-17)12-18(21)10-15/h2-7,15-18,20-21H,8-13H2,1H3. The number of carbonyl (C=O) groups excluding carboxylic acids is 1. The zero-order chi connectivity index (χ0) is 18.8. The highest BCUT2D eigenvalue weighted by Gasteiger charge is 2.52. The maximum Gasteiger partial charge on any atom is 0.231 e. The average Bonchev–Trinajstić information content (AvgIpc) is 2.95. The number of aryl methyl sites for hydroxylation is 1. The second-order valence-electron chi connectivity index (χ2n) is 9.23. The number of rotatable bonds is 3. The summed E-state index contributed by atoms with van der Waals surface area (Å²) < 4.78 is 24.1. The van der Waals surface area contributed by atoms with E-state index in [4.69, 9.17) is 0 Å². The minimum absolute atomic E-state index is 0.0000796. The highest BCUT2D eigenvalue weighted by Crippen LogP contribution is 2.57. The van der Waals surface area contributed by atoms with Crippen LogP contribution in [0.3, 0.4) is 0 Å². The molecule has 144 valence electrons. The van der Waals surface area contributed by atoms with Crippen LogP contribution in [0.4, 0.5) is 5.69 Å². The minimum Gasteiger partial charge on any atom is -0.304 e. The fourth-order valence-electron chi connectivity index (χ4n) is 6.40. The summed E-state index contributed by atoms with van der Waals surface area (Å²) in [5.41, 5.74) is 1.96. The molecule has 4 bridgehead atoms. The van der Waals surface area contributed by atoms with Crippen molar-refractivity contribution in [2.75, 3.05) is 10.7 Å². The van der Waals surface area contributed by atoms with Crippen LogP contribution in [-0.2, 0) is 14.6 Å². The summed E-state index contributed by atoms with van der Waals surface area (Å²) in [4.78, 5) is 15.6. The van der Waals surface area contributed by atoms with E-state index in [0.717, 1.165) is 23.1 Å². The third-order valence-corrected chi connectivity index (χ3v) is 8.68. The number of hydrogen-bond donors (Lipinski definition) is 0. The molecule has 5 heteroatoms. The molecule has 0 spiro atoms. The Morgan fingerprint density at radius 2 is 1.56 bits per heavy atom. The number of amides is 1. The number of nitrogens with zero attached hydrogens (tertiary/aromatic N) is 1. The van der Waals surface area contributed by atoms with E-state index in [1.54, 1.807) is 11.0 Å². The molecule has 6 rings (SSSR count). The summed E-state index contributed by atoms with van der Waals surface area (Å²) >= 11 is 0. The molecule has 1 aromatic rings. The summed E-state index contributed by atoms with van der Waals surface area (Å²) in [5.74, 6) is 2.83. The van der Waals surface area contributed by atoms with E-state index in [-0.39, 0.29) is 23.6 Å². The first-order valence-corrected chi connectivity index (χ1v) is 11.9. The van der Waals surface area contributed by atoms with Crippen LogP contribution in [0, 0.1) is 36.5 Å². The number of hydrogen-bond acceptors (Lipinski definition) is 3. The van der Waals surface area contributed by atoms with Gasteiger partial charge in [0.2, 0.25) is 5.91 Å². The molecule has 0 N–H and O–H groups in total. The van der Waals surface area contributed by atoms with Crippen molar-refractivity contribution in [3.8, 4) is 0 Å². The maximum absolute atomic E-state index is 13.8. The van der Waals surface area contributed by atoms with Crippen LogP contribution in [0.15, 0.2) is 35.7 Å². The lowest BCUT2D eigenvalue weighted by Gasteiger charge is -2.54. The van der Waals surface area contributed by atoms with Gasteiger partial charge >= 0.3 is 0 Å². The van der Waals surface area contributed by atoms with E-state index >= 15 is 0 Å². The molecule has 4 fully saturated rings. The minimum atomic E-state index is -3.22. The Morgan fingerprint density at radius 3 is 2.07 bits per heavy atom. The van der Waals surface area contributed by atoms with E-state index in [1.807, 2.05) is 31.2 Å². The fraction of sp³-hybridized carbons (Fsp3) is 0.591. The Bertz CT molecular complexity index is 859. The first-order valence-electron chi connectivity index (χ1n) is 10.2. The van der Waals surface area contributed by atoms with Crippen LogP contribution in [-0.4, -0.2) is 26.1 Å². The Balaban J connectivity index is 1.49. The normalized spacial score (nSPS) is 38.3. The van der Waals surface area contributed by atoms with Crippen LogP contribution in [0.25, 0.3) is 0 Å². The van der Waals surface area contributed by atoms with Gasteiger partial charge in [0.25, 0.3) is 0 Å². The summed E-state index contributed by atoms with van der Waals surface area (Å²) in [6.45, 7) is 2.02. The average molecular weight is 386 g/mol. The van der Waals surface area contributed by atoms with Gasteiger partial charge in [-0.1, -0.05) is 17.7 Å². The first kappa shape index (κ1) is 17.5. The van der Waals surface area contributed by atoms with Gasteiger partial charge in [0.15, 0.2) is 9.84 Å². The Kier molecular flexibility index (Phi) is 4.01. The van der Waals surface area contributed by atoms with Gasteiger partial charge in [-0.15, -0.1) is 0 Å². The lowest BCUT2D eigenvalue weighted by Crippen LogP contribution is -2.54. The SMILES string of the molecule is Cc1ccc(N(C(=O)C2C3CC4CC(C3)CC2C4)C2C=CS(=O)(=O)C2)cc1. The highest BCUT2D eigenvalue weighted by atomic mass is 32.2. The summed E-state index contributed by atoms with van der Waals surface area (Å²) in [7, 11) is -3.22. The molecule has 1 heterocycles. The van der Waals surface area contributed by atoms with E-state index in [0.29, 0.717) is 11.8 Å². The Morgan fingerprint density at radius 1 is 0.963 bits per heavy atom. The van der Waals surface area contributed by atoms with E-state index in [9.17, 15) is 13.2 Å². The van der Waals surface area contributed by atoms with Crippen LogP contribution >= 0.6 is 0 Å². The van der Waals surface area contributed by atoms with Crippen molar-refractivity contribution < 1.29 is 13.2 Å². The van der Waals surface area contributed by atoms with Crippen molar-refractivity contribution in [2.24, 2.45) is 29.6 Å². The molecule has 4 nitrogen and oxygen atoms in total. The quantitative estimate of drug-likeness (QED) is 0.797. The molecule has 1 unspecified atom stereocenters. The molecule has 0 saturated heterocycles. The molecule has 0 radical (unpaired) electrons. The van der Waals surface area contributed by atoms with Crippen LogP contribution in [0.1, 0.15) is 37.7 Å². The number of sulfone groups is 1. The number of carbonyl (C=O) groups is 1. The number of anilines is 1. The molecule has 5 aliphatic rings. The molecular formula is C22H27NO3S. The van der Waals surface area contributed by atoms with Gasteiger partial charge in [0, 0.05) is 17.0 Å². The zero-order valence-electron chi connectivity index (χ0n) is 15.8. The molecule has 1 aromatic carbocycles. The topological polar surface area (TPSA) is 54.5 Å². The predicted octanol–water partition coefficient (Wildman–Crippen LogP) is 3.71. The second-order valence-corrected chi connectivity index (χ2v) is 11.2. The van der Waals surface area contributed by atoms with Crippen molar-refractivity contribution in [1.29, 1.82) is 0 Å². The lowest BCUT2D eigenvalue weighted by molar-refractivity contribution is -0.135. The predicted molar refractivity (Wildman–Crippen MR) is 106 cm³/mol. The monoisotopic (exact) mass is 385 g/mol. The lowest BCUT2D eigenvalue weighted by atomic mass is 9.51. The maximum atomic E-state index is 13.8. The summed E-state index contributed by atoms with van der Waals surface area (Å²) in [6, 6.07) is 7.53. The third kappa shape index (κ3) is 3.04. The first-order chi connectivity index (χ1) is 12.9. The van der Waals surface area contributed by atoms with Crippen molar-refractivity contribution in [2.45, 2.75) is 45.1 Å². The molecule has 1 atom stereocenters. The number of benzene rings is 1. The highest BCUT2D eigenvalue weighted by molar-refractivity contribution is 7.94. The van der Waals surface area contributed by atoms with Gasteiger partial charge < -0.3 is 4.90 Å². The van der Waals surface area contributed by atoms with Gasteiger partial charge in [0.1, 0.15) is 0 Å². The molecule has 4 saturated carbocycles. The third-order valence-electron chi connectivity index (χ3n) is 7.30.